The van der Waals surface area contributed by atoms with Crippen LogP contribution in [0.1, 0.15) is 32.1 Å². The molecule has 0 aliphatic carbocycles. The van der Waals surface area contributed by atoms with Gasteiger partial charge in [-0.3, -0.25) is 0 Å². The van der Waals surface area contributed by atoms with Crippen molar-refractivity contribution >= 4 is 11.0 Å². The summed E-state index contributed by atoms with van der Waals surface area (Å²) in [4.78, 5) is 0. The van der Waals surface area contributed by atoms with Crippen molar-refractivity contribution < 1.29 is 13.2 Å². The van der Waals surface area contributed by atoms with Crippen LogP contribution < -0.4 is 5.32 Å². The molecule has 0 saturated heterocycles. The Morgan fingerprint density at radius 1 is 1.21 bits per heavy atom. The number of aryl methyl sites for hydroxylation is 1. The number of halogens is 2. The van der Waals surface area contributed by atoms with E-state index in [2.05, 4.69) is 19.2 Å². The molecule has 0 fully saturated rings. The first-order valence-corrected chi connectivity index (χ1v) is 6.63. The molecule has 0 amide bonds. The van der Waals surface area contributed by atoms with Gasteiger partial charge in [0.15, 0.2) is 11.4 Å². The van der Waals surface area contributed by atoms with E-state index in [-0.39, 0.29) is 11.0 Å². The lowest BCUT2D eigenvalue weighted by molar-refractivity contribution is 0.470. The molecule has 2 aromatic rings. The van der Waals surface area contributed by atoms with Crippen LogP contribution in [0.4, 0.5) is 8.78 Å². The first-order chi connectivity index (χ1) is 9.04. The molecule has 1 N–H and O–H groups in total. The van der Waals surface area contributed by atoms with Gasteiger partial charge >= 0.3 is 0 Å². The van der Waals surface area contributed by atoms with Crippen molar-refractivity contribution in [1.82, 2.24) is 5.32 Å². The summed E-state index contributed by atoms with van der Waals surface area (Å²) in [5, 5.41) is 3.52. The molecule has 1 aromatic carbocycles. The van der Waals surface area contributed by atoms with Gasteiger partial charge in [-0.15, -0.1) is 0 Å². The Hall–Kier alpha value is -1.42. The molecule has 2 nitrogen and oxygen atoms in total. The van der Waals surface area contributed by atoms with Gasteiger partial charge in [0, 0.05) is 5.56 Å². The zero-order valence-corrected chi connectivity index (χ0v) is 11.5. The molecule has 19 heavy (non-hydrogen) atoms. The van der Waals surface area contributed by atoms with Gasteiger partial charge in [-0.1, -0.05) is 20.8 Å². The van der Waals surface area contributed by atoms with Crippen LogP contribution in [0, 0.1) is 17.6 Å². The van der Waals surface area contributed by atoms with Gasteiger partial charge in [0.25, 0.3) is 0 Å². The van der Waals surface area contributed by atoms with Crippen molar-refractivity contribution in [1.29, 1.82) is 0 Å². The summed E-state index contributed by atoms with van der Waals surface area (Å²) in [6.45, 7) is 7.46. The van der Waals surface area contributed by atoms with Gasteiger partial charge in [0.2, 0.25) is 0 Å². The molecule has 104 valence electrons. The Morgan fingerprint density at radius 2 is 1.89 bits per heavy atom. The van der Waals surface area contributed by atoms with E-state index in [1.807, 2.05) is 6.92 Å². The van der Waals surface area contributed by atoms with Crippen LogP contribution >= 0.6 is 0 Å². The number of benzene rings is 1. The summed E-state index contributed by atoms with van der Waals surface area (Å²) in [6.07, 6.45) is 0.617. The molecule has 0 aliphatic rings. The van der Waals surface area contributed by atoms with Gasteiger partial charge in [0.1, 0.15) is 11.6 Å². The second kappa shape index (κ2) is 5.70. The molecule has 0 bridgehead atoms. The van der Waals surface area contributed by atoms with E-state index in [9.17, 15) is 8.78 Å². The normalized spacial score (nSPS) is 11.7. The van der Waals surface area contributed by atoms with E-state index >= 15 is 0 Å². The number of rotatable bonds is 5. The van der Waals surface area contributed by atoms with Crippen molar-refractivity contribution in [2.24, 2.45) is 5.92 Å². The zero-order valence-electron chi connectivity index (χ0n) is 11.5. The third kappa shape index (κ3) is 2.78. The number of nitrogens with one attached hydrogen (secondary N) is 1. The van der Waals surface area contributed by atoms with Gasteiger partial charge in [-0.05, 0) is 31.0 Å². The summed E-state index contributed by atoms with van der Waals surface area (Å²) in [6, 6.07) is 2.25. The maximum atomic E-state index is 13.8. The summed E-state index contributed by atoms with van der Waals surface area (Å²) >= 11 is 0. The van der Waals surface area contributed by atoms with Crippen molar-refractivity contribution in [2.75, 3.05) is 6.54 Å². The third-order valence-corrected chi connectivity index (χ3v) is 3.11. The lowest BCUT2D eigenvalue weighted by atomic mass is 10.1. The highest BCUT2D eigenvalue weighted by atomic mass is 19.1. The average molecular weight is 267 g/mol. The first-order valence-electron chi connectivity index (χ1n) is 6.63. The zero-order chi connectivity index (χ0) is 14.0. The van der Waals surface area contributed by atoms with E-state index < -0.39 is 11.6 Å². The standard InChI is InChI=1S/C15H19F2NO/c1-4-10-13(8-18-7-9(2)3)19-15-12(17)6-5-11(16)14(10)15/h5-6,9,18H,4,7-8H2,1-3H3. The number of hydrogen-bond acceptors (Lipinski definition) is 2. The fraction of sp³-hybridized carbons (Fsp3) is 0.467. The van der Waals surface area contributed by atoms with Gasteiger partial charge in [-0.25, -0.2) is 8.78 Å². The van der Waals surface area contributed by atoms with Crippen LogP contribution in [0.2, 0.25) is 0 Å². The van der Waals surface area contributed by atoms with E-state index in [4.69, 9.17) is 4.42 Å². The van der Waals surface area contributed by atoms with Gasteiger partial charge in [-0.2, -0.15) is 0 Å². The second-order valence-corrected chi connectivity index (χ2v) is 5.12. The van der Waals surface area contributed by atoms with Crippen LogP contribution in [0.15, 0.2) is 16.5 Å². The fourth-order valence-corrected chi connectivity index (χ4v) is 2.23. The number of furan rings is 1. The molecule has 0 saturated carbocycles. The third-order valence-electron chi connectivity index (χ3n) is 3.11. The van der Waals surface area contributed by atoms with Crippen molar-refractivity contribution in [3.63, 3.8) is 0 Å². The highest BCUT2D eigenvalue weighted by molar-refractivity contribution is 5.83. The lowest BCUT2D eigenvalue weighted by Crippen LogP contribution is -2.19. The van der Waals surface area contributed by atoms with Gasteiger partial charge < -0.3 is 9.73 Å². The van der Waals surface area contributed by atoms with Crippen molar-refractivity contribution in [2.45, 2.75) is 33.7 Å². The Balaban J connectivity index is 2.39. The summed E-state index contributed by atoms with van der Waals surface area (Å²) < 4.78 is 33.0. The molecule has 0 radical (unpaired) electrons. The molecule has 2 rings (SSSR count). The maximum absolute atomic E-state index is 13.8. The molecule has 0 atom stereocenters. The minimum atomic E-state index is -0.513. The van der Waals surface area contributed by atoms with E-state index in [1.54, 1.807) is 0 Å². The minimum Gasteiger partial charge on any atom is -0.456 e. The highest BCUT2D eigenvalue weighted by Gasteiger charge is 2.18. The maximum Gasteiger partial charge on any atom is 0.173 e. The largest absolute Gasteiger partial charge is 0.456 e. The average Bonchev–Trinajstić information content (AvgIpc) is 2.73. The molecule has 1 heterocycles. The SMILES string of the molecule is CCc1c(CNCC(C)C)oc2c(F)ccc(F)c12. The topological polar surface area (TPSA) is 25.2 Å². The first kappa shape index (κ1) is 14.0. The smallest absolute Gasteiger partial charge is 0.173 e. The lowest BCUT2D eigenvalue weighted by Gasteiger charge is -2.06. The molecule has 4 heteroatoms. The molecule has 0 aliphatic heterocycles. The predicted octanol–water partition coefficient (Wildman–Crippen LogP) is 4.02. The second-order valence-electron chi connectivity index (χ2n) is 5.12. The fourth-order valence-electron chi connectivity index (χ4n) is 2.23. The number of fused-ring (bicyclic) bond motifs is 1. The van der Waals surface area contributed by atoms with Crippen LogP contribution in [0.5, 0.6) is 0 Å². The van der Waals surface area contributed by atoms with E-state index in [0.717, 1.165) is 24.2 Å². The van der Waals surface area contributed by atoms with Crippen molar-refractivity contribution in [3.8, 4) is 0 Å². The summed E-state index contributed by atoms with van der Waals surface area (Å²) in [7, 11) is 0. The summed E-state index contributed by atoms with van der Waals surface area (Å²) in [5.74, 6) is 0.207. The molecule has 1 aromatic heterocycles. The molecule has 0 unspecified atom stereocenters. The Kier molecular flexibility index (Phi) is 4.20. The van der Waals surface area contributed by atoms with Gasteiger partial charge in [0.05, 0.1) is 11.9 Å². The minimum absolute atomic E-state index is 0.0261. The van der Waals surface area contributed by atoms with E-state index in [1.165, 1.54) is 0 Å². The van der Waals surface area contributed by atoms with E-state index in [0.29, 0.717) is 24.6 Å². The van der Waals surface area contributed by atoms with Crippen LogP contribution in [0.25, 0.3) is 11.0 Å². The quantitative estimate of drug-likeness (QED) is 0.885. The van der Waals surface area contributed by atoms with Crippen LogP contribution in [0.3, 0.4) is 0 Å². The predicted molar refractivity (Wildman–Crippen MR) is 72.1 cm³/mol. The number of hydrogen-bond donors (Lipinski definition) is 1. The Morgan fingerprint density at radius 3 is 2.53 bits per heavy atom. The highest BCUT2D eigenvalue weighted by Crippen LogP contribution is 2.30. The summed E-state index contributed by atoms with van der Waals surface area (Å²) in [5.41, 5.74) is 0.779. The van der Waals surface area contributed by atoms with Crippen LogP contribution in [-0.4, -0.2) is 6.54 Å². The molecule has 0 spiro atoms. The molecular weight excluding hydrogens is 248 g/mol. The van der Waals surface area contributed by atoms with Crippen LogP contribution in [-0.2, 0) is 13.0 Å². The monoisotopic (exact) mass is 267 g/mol. The Labute approximate surface area is 111 Å². The molecular formula is C15H19F2NO. The Bertz CT molecular complexity index is 575. The van der Waals surface area contributed by atoms with Crippen molar-refractivity contribution in [3.05, 3.63) is 35.1 Å².